The number of nitrogens with zero attached hydrogens (tertiary/aromatic N) is 1. The predicted octanol–water partition coefficient (Wildman–Crippen LogP) is 3.18. The van der Waals surface area contributed by atoms with Gasteiger partial charge in [-0.3, -0.25) is 9.59 Å². The van der Waals surface area contributed by atoms with Gasteiger partial charge in [0.1, 0.15) is 5.75 Å². The van der Waals surface area contributed by atoms with Gasteiger partial charge in [0.15, 0.2) is 0 Å². The van der Waals surface area contributed by atoms with Gasteiger partial charge in [0.2, 0.25) is 5.91 Å². The highest BCUT2D eigenvalue weighted by Crippen LogP contribution is 2.10. The number of ether oxygens (including phenoxy) is 1. The number of aromatic nitrogens is 1. The predicted molar refractivity (Wildman–Crippen MR) is 112 cm³/mol. The van der Waals surface area contributed by atoms with Crippen LogP contribution in [0.5, 0.6) is 5.75 Å². The van der Waals surface area contributed by atoms with E-state index in [0.29, 0.717) is 38.1 Å². The Kier molecular flexibility index (Phi) is 7.46. The van der Waals surface area contributed by atoms with E-state index in [1.165, 1.54) is 0 Å². The normalized spacial score (nSPS) is 10.3. The molecule has 0 atom stereocenters. The molecule has 6 heteroatoms. The number of hydrogen-bond donors (Lipinski definition) is 2. The lowest BCUT2D eigenvalue weighted by atomic mass is 10.2. The summed E-state index contributed by atoms with van der Waals surface area (Å²) in [4.78, 5) is 24.0. The number of rotatable bonds is 10. The molecule has 2 N–H and O–H groups in total. The Hall–Kier alpha value is -3.54. The first-order valence-electron chi connectivity index (χ1n) is 9.68. The van der Waals surface area contributed by atoms with Gasteiger partial charge in [-0.2, -0.15) is 0 Å². The van der Waals surface area contributed by atoms with Gasteiger partial charge in [0.05, 0.1) is 6.61 Å². The van der Waals surface area contributed by atoms with Crippen molar-refractivity contribution in [1.29, 1.82) is 0 Å². The zero-order valence-electron chi connectivity index (χ0n) is 16.2. The van der Waals surface area contributed by atoms with Crippen molar-refractivity contribution >= 4 is 11.8 Å². The maximum atomic E-state index is 12.2. The molecule has 0 aliphatic heterocycles. The van der Waals surface area contributed by atoms with Crippen LogP contribution in [0.3, 0.4) is 0 Å². The molecule has 1 aromatic heterocycles. The molecule has 0 spiro atoms. The first kappa shape index (κ1) is 20.2. The molecule has 0 radical (unpaired) electrons. The summed E-state index contributed by atoms with van der Waals surface area (Å²) in [5.41, 5.74) is 1.58. The summed E-state index contributed by atoms with van der Waals surface area (Å²) in [5.74, 6) is 0.596. The highest BCUT2D eigenvalue weighted by molar-refractivity contribution is 5.94. The van der Waals surface area contributed by atoms with Gasteiger partial charge in [0, 0.05) is 43.2 Å². The van der Waals surface area contributed by atoms with Crippen molar-refractivity contribution < 1.29 is 14.3 Å². The third-order valence-corrected chi connectivity index (χ3v) is 4.32. The summed E-state index contributed by atoms with van der Waals surface area (Å²) >= 11 is 0. The van der Waals surface area contributed by atoms with Crippen molar-refractivity contribution in [3.8, 4) is 11.4 Å². The van der Waals surface area contributed by atoms with Gasteiger partial charge < -0.3 is 19.9 Å². The molecule has 0 unspecified atom stereocenters. The van der Waals surface area contributed by atoms with Gasteiger partial charge in [-0.15, -0.1) is 0 Å². The molecule has 0 aliphatic carbocycles. The van der Waals surface area contributed by atoms with E-state index in [-0.39, 0.29) is 11.8 Å². The highest BCUT2D eigenvalue weighted by Gasteiger charge is 2.06. The van der Waals surface area contributed by atoms with E-state index in [1.54, 1.807) is 12.1 Å². The molecule has 29 heavy (non-hydrogen) atoms. The van der Waals surface area contributed by atoms with Crippen LogP contribution < -0.4 is 15.4 Å². The minimum absolute atomic E-state index is 0.0491. The van der Waals surface area contributed by atoms with E-state index in [1.807, 2.05) is 71.6 Å². The largest absolute Gasteiger partial charge is 0.494 e. The Morgan fingerprint density at radius 3 is 2.24 bits per heavy atom. The van der Waals surface area contributed by atoms with Crippen LogP contribution in [0.4, 0.5) is 0 Å². The number of carbonyl (C=O) groups excluding carboxylic acids is 2. The lowest BCUT2D eigenvalue weighted by Gasteiger charge is -2.09. The first-order valence-corrected chi connectivity index (χ1v) is 9.68. The minimum Gasteiger partial charge on any atom is -0.494 e. The second kappa shape index (κ2) is 10.7. The maximum absolute atomic E-state index is 12.2. The zero-order chi connectivity index (χ0) is 20.3. The van der Waals surface area contributed by atoms with Crippen molar-refractivity contribution in [1.82, 2.24) is 15.2 Å². The Bertz CT molecular complexity index is 891. The van der Waals surface area contributed by atoms with E-state index in [0.717, 1.165) is 11.4 Å². The molecular weight excluding hydrogens is 366 g/mol. The molecule has 0 aliphatic rings. The van der Waals surface area contributed by atoms with Crippen LogP contribution in [0.2, 0.25) is 0 Å². The lowest BCUT2D eigenvalue weighted by molar-refractivity contribution is -0.121. The van der Waals surface area contributed by atoms with Crippen LogP contribution in [0.25, 0.3) is 5.69 Å². The van der Waals surface area contributed by atoms with E-state index in [2.05, 4.69) is 10.6 Å². The number of benzene rings is 2. The molecule has 0 bridgehead atoms. The smallest absolute Gasteiger partial charge is 0.251 e. The van der Waals surface area contributed by atoms with Crippen molar-refractivity contribution in [3.63, 3.8) is 0 Å². The number of carbonyl (C=O) groups is 2. The monoisotopic (exact) mass is 391 g/mol. The van der Waals surface area contributed by atoms with Crippen LogP contribution in [0, 0.1) is 0 Å². The second-order valence-electron chi connectivity index (χ2n) is 6.51. The van der Waals surface area contributed by atoms with Crippen LogP contribution >= 0.6 is 0 Å². The molecule has 0 saturated heterocycles. The minimum atomic E-state index is -0.158. The molecule has 3 aromatic rings. The highest BCUT2D eigenvalue weighted by atomic mass is 16.5. The summed E-state index contributed by atoms with van der Waals surface area (Å²) in [5, 5.41) is 5.62. The van der Waals surface area contributed by atoms with Crippen LogP contribution in [-0.2, 0) is 4.79 Å². The van der Waals surface area contributed by atoms with E-state index in [9.17, 15) is 9.59 Å². The molecule has 150 valence electrons. The summed E-state index contributed by atoms with van der Waals surface area (Å²) in [6.07, 6.45) is 4.93. The van der Waals surface area contributed by atoms with Crippen LogP contribution in [-0.4, -0.2) is 36.1 Å². The van der Waals surface area contributed by atoms with Crippen molar-refractivity contribution in [2.45, 2.75) is 12.8 Å². The molecule has 2 aromatic carbocycles. The number of para-hydroxylation sites is 1. The van der Waals surface area contributed by atoms with Gasteiger partial charge in [-0.1, -0.05) is 18.2 Å². The summed E-state index contributed by atoms with van der Waals surface area (Å²) in [7, 11) is 0. The van der Waals surface area contributed by atoms with E-state index >= 15 is 0 Å². The Morgan fingerprint density at radius 1 is 0.828 bits per heavy atom. The summed E-state index contributed by atoms with van der Waals surface area (Å²) in [6, 6.07) is 20.8. The molecule has 2 amide bonds. The van der Waals surface area contributed by atoms with Crippen LogP contribution in [0.1, 0.15) is 23.2 Å². The SMILES string of the molecule is O=C(CCCOc1ccccc1)NCCNC(=O)c1ccc(-n2cccc2)cc1. The quantitative estimate of drug-likeness (QED) is 0.522. The topological polar surface area (TPSA) is 72.4 Å². The fourth-order valence-corrected chi connectivity index (χ4v) is 2.80. The maximum Gasteiger partial charge on any atom is 0.251 e. The molecular formula is C23H25N3O3. The van der Waals surface area contributed by atoms with Gasteiger partial charge in [-0.25, -0.2) is 0 Å². The average Bonchev–Trinajstić information content (AvgIpc) is 3.30. The number of nitrogens with one attached hydrogen (secondary N) is 2. The lowest BCUT2D eigenvalue weighted by Crippen LogP contribution is -2.34. The first-order chi connectivity index (χ1) is 14.2. The van der Waals surface area contributed by atoms with Crippen molar-refractivity contribution in [3.05, 3.63) is 84.7 Å². The van der Waals surface area contributed by atoms with Crippen molar-refractivity contribution in [2.75, 3.05) is 19.7 Å². The second-order valence-corrected chi connectivity index (χ2v) is 6.51. The molecule has 0 saturated carbocycles. The van der Waals surface area contributed by atoms with E-state index < -0.39 is 0 Å². The van der Waals surface area contributed by atoms with Gasteiger partial charge in [-0.05, 0) is 55.0 Å². The third-order valence-electron chi connectivity index (χ3n) is 4.32. The molecule has 6 nitrogen and oxygen atoms in total. The Morgan fingerprint density at radius 2 is 1.52 bits per heavy atom. The average molecular weight is 391 g/mol. The third kappa shape index (κ3) is 6.53. The summed E-state index contributed by atoms with van der Waals surface area (Å²) in [6.45, 7) is 1.27. The van der Waals surface area contributed by atoms with E-state index in [4.69, 9.17) is 4.74 Å². The molecule has 1 heterocycles. The van der Waals surface area contributed by atoms with Crippen molar-refractivity contribution in [2.24, 2.45) is 0 Å². The number of amides is 2. The number of hydrogen-bond acceptors (Lipinski definition) is 3. The molecule has 3 rings (SSSR count). The van der Waals surface area contributed by atoms with Gasteiger partial charge in [0.25, 0.3) is 5.91 Å². The van der Waals surface area contributed by atoms with Crippen LogP contribution in [0.15, 0.2) is 79.1 Å². The Labute approximate surface area is 170 Å². The van der Waals surface area contributed by atoms with Gasteiger partial charge >= 0.3 is 0 Å². The zero-order valence-corrected chi connectivity index (χ0v) is 16.2. The summed E-state index contributed by atoms with van der Waals surface area (Å²) < 4.78 is 7.53. The molecule has 0 fully saturated rings. The Balaban J connectivity index is 1.28. The standard InChI is InChI=1S/C23H25N3O3/c27-22(9-6-18-29-21-7-2-1-3-8-21)24-14-15-25-23(28)19-10-12-20(13-11-19)26-16-4-5-17-26/h1-5,7-8,10-13,16-17H,6,9,14-15,18H2,(H,24,27)(H,25,28). The fourth-order valence-electron chi connectivity index (χ4n) is 2.80. The fraction of sp³-hybridized carbons (Fsp3) is 0.217.